The van der Waals surface area contributed by atoms with Crippen LogP contribution in [0.15, 0.2) is 30.6 Å². The van der Waals surface area contributed by atoms with Crippen LogP contribution in [0.1, 0.15) is 24.0 Å². The number of aromatic nitrogens is 2. The Kier molecular flexibility index (Phi) is 6.62. The van der Waals surface area contributed by atoms with E-state index in [1.54, 1.807) is 33.5 Å². The predicted octanol–water partition coefficient (Wildman–Crippen LogP) is 4.62. The smallest absolute Gasteiger partial charge is 0.321 e. The quantitative estimate of drug-likeness (QED) is 0.590. The number of benzene rings is 2. The number of rotatable bonds is 6. The van der Waals surface area contributed by atoms with E-state index in [1.165, 1.54) is 16.6 Å². The lowest BCUT2D eigenvalue weighted by Gasteiger charge is -2.32. The molecule has 2 heterocycles. The average molecular weight is 453 g/mol. The normalized spacial score (nSPS) is 14.4. The zero-order valence-electron chi connectivity index (χ0n) is 20.0. The van der Waals surface area contributed by atoms with Gasteiger partial charge in [-0.25, -0.2) is 9.78 Å². The molecule has 2 aromatic carbocycles. The molecule has 4 rings (SSSR count). The molecule has 0 radical (unpaired) electrons. The van der Waals surface area contributed by atoms with Gasteiger partial charge < -0.3 is 29.0 Å². The van der Waals surface area contributed by atoms with Crippen LogP contribution in [0.25, 0.3) is 11.0 Å². The summed E-state index contributed by atoms with van der Waals surface area (Å²) < 4.78 is 18.4. The minimum Gasteiger partial charge on any atom is -0.493 e. The van der Waals surface area contributed by atoms with E-state index >= 15 is 0 Å². The van der Waals surface area contributed by atoms with Crippen LogP contribution in [-0.4, -0.2) is 54.9 Å². The molecule has 8 heteroatoms. The fraction of sp³-hybridized carbons (Fsp3) is 0.440. The number of aryl methyl sites for hydroxylation is 2. The number of carbonyl (C=O) groups excluding carboxylic acids is 1. The summed E-state index contributed by atoms with van der Waals surface area (Å²) in [5, 5.41) is 2.96. The first-order valence-electron chi connectivity index (χ1n) is 11.2. The van der Waals surface area contributed by atoms with Crippen LogP contribution < -0.4 is 19.5 Å². The van der Waals surface area contributed by atoms with E-state index in [-0.39, 0.29) is 6.03 Å². The van der Waals surface area contributed by atoms with Gasteiger partial charge in [-0.15, -0.1) is 0 Å². The maximum absolute atomic E-state index is 12.9. The van der Waals surface area contributed by atoms with Crippen molar-refractivity contribution in [1.29, 1.82) is 0 Å². The second-order valence-electron chi connectivity index (χ2n) is 8.60. The van der Waals surface area contributed by atoms with Crippen LogP contribution in [0.3, 0.4) is 0 Å². The summed E-state index contributed by atoms with van der Waals surface area (Å²) in [5.74, 6) is 2.01. The molecule has 1 aromatic heterocycles. The number of fused-ring (bicyclic) bond motifs is 1. The number of nitrogens with zero attached hydrogens (tertiary/aromatic N) is 3. The summed E-state index contributed by atoms with van der Waals surface area (Å²) in [6, 6.07) is 7.72. The summed E-state index contributed by atoms with van der Waals surface area (Å²) in [6.07, 6.45) is 3.84. The van der Waals surface area contributed by atoms with E-state index < -0.39 is 0 Å². The summed E-state index contributed by atoms with van der Waals surface area (Å²) >= 11 is 0. The number of nitrogens with one attached hydrogen (secondary N) is 1. The summed E-state index contributed by atoms with van der Waals surface area (Å²) in [4.78, 5) is 19.3. The zero-order valence-corrected chi connectivity index (χ0v) is 20.0. The third-order valence-electron chi connectivity index (χ3n) is 6.51. The lowest BCUT2D eigenvalue weighted by Crippen LogP contribution is -2.41. The van der Waals surface area contributed by atoms with Crippen molar-refractivity contribution in [3.05, 3.63) is 41.7 Å². The topological polar surface area (TPSA) is 77.9 Å². The Bertz CT molecular complexity index is 1120. The Morgan fingerprint density at radius 1 is 1.00 bits per heavy atom. The number of piperidine rings is 1. The van der Waals surface area contributed by atoms with Crippen LogP contribution in [0, 0.1) is 19.8 Å². The molecule has 3 aromatic rings. The Labute approximate surface area is 194 Å². The van der Waals surface area contributed by atoms with Crippen LogP contribution in [0.2, 0.25) is 0 Å². The summed E-state index contributed by atoms with van der Waals surface area (Å²) in [5.41, 5.74) is 5.37. The average Bonchev–Trinajstić information content (AvgIpc) is 3.20. The highest BCUT2D eigenvalue weighted by molar-refractivity contribution is 5.90. The van der Waals surface area contributed by atoms with Crippen molar-refractivity contribution in [3.63, 3.8) is 0 Å². The third kappa shape index (κ3) is 4.69. The van der Waals surface area contributed by atoms with Gasteiger partial charge >= 0.3 is 6.03 Å². The van der Waals surface area contributed by atoms with Crippen LogP contribution in [0.5, 0.6) is 17.2 Å². The Morgan fingerprint density at radius 3 is 2.24 bits per heavy atom. The van der Waals surface area contributed by atoms with Gasteiger partial charge in [0.2, 0.25) is 5.75 Å². The molecule has 1 aliphatic rings. The number of carbonyl (C=O) groups is 1. The maximum Gasteiger partial charge on any atom is 0.321 e. The van der Waals surface area contributed by atoms with Crippen LogP contribution in [-0.2, 0) is 6.54 Å². The monoisotopic (exact) mass is 452 g/mol. The van der Waals surface area contributed by atoms with E-state index in [0.29, 0.717) is 41.9 Å². The number of hydrogen-bond acceptors (Lipinski definition) is 5. The highest BCUT2D eigenvalue weighted by Gasteiger charge is 2.24. The van der Waals surface area contributed by atoms with Gasteiger partial charge in [0.1, 0.15) is 0 Å². The van der Waals surface area contributed by atoms with E-state index in [9.17, 15) is 4.79 Å². The van der Waals surface area contributed by atoms with Crippen molar-refractivity contribution in [2.75, 3.05) is 39.7 Å². The van der Waals surface area contributed by atoms with E-state index in [1.807, 2.05) is 11.2 Å². The van der Waals surface area contributed by atoms with Gasteiger partial charge in [-0.3, -0.25) is 0 Å². The zero-order chi connectivity index (χ0) is 23.5. The predicted molar refractivity (Wildman–Crippen MR) is 129 cm³/mol. The molecule has 0 saturated carbocycles. The lowest BCUT2D eigenvalue weighted by molar-refractivity contribution is 0.177. The molecule has 0 spiro atoms. The maximum atomic E-state index is 12.9. The number of hydrogen-bond donors (Lipinski definition) is 1. The SMILES string of the molecule is COc1cc(NC(=O)N2CCC(Cn3cnc4cc(C)c(C)cc43)CC2)cc(OC)c1OC. The molecule has 1 N–H and O–H groups in total. The number of amides is 2. The molecule has 1 fully saturated rings. The molecule has 1 aliphatic heterocycles. The Morgan fingerprint density at radius 2 is 1.64 bits per heavy atom. The largest absolute Gasteiger partial charge is 0.493 e. The van der Waals surface area contributed by atoms with E-state index in [4.69, 9.17) is 14.2 Å². The van der Waals surface area contributed by atoms with Gasteiger partial charge in [-0.1, -0.05) is 0 Å². The second-order valence-corrected chi connectivity index (χ2v) is 8.60. The number of methoxy groups -OCH3 is 3. The highest BCUT2D eigenvalue weighted by atomic mass is 16.5. The molecule has 176 valence electrons. The molecule has 1 saturated heterocycles. The van der Waals surface area contributed by atoms with Gasteiger partial charge in [0.25, 0.3) is 0 Å². The summed E-state index contributed by atoms with van der Waals surface area (Å²) in [7, 11) is 4.66. The molecule has 0 atom stereocenters. The molecule has 8 nitrogen and oxygen atoms in total. The van der Waals surface area contributed by atoms with E-state index in [2.05, 4.69) is 40.8 Å². The highest BCUT2D eigenvalue weighted by Crippen LogP contribution is 2.40. The van der Waals surface area contributed by atoms with Gasteiger partial charge in [0.05, 0.1) is 44.4 Å². The number of anilines is 1. The molecule has 0 unspecified atom stereocenters. The number of ether oxygens (including phenoxy) is 3. The Balaban J connectivity index is 1.37. The fourth-order valence-corrected chi connectivity index (χ4v) is 4.41. The van der Waals surface area contributed by atoms with Crippen molar-refractivity contribution in [3.8, 4) is 17.2 Å². The minimum absolute atomic E-state index is 0.123. The molecule has 0 bridgehead atoms. The molecule has 2 amide bonds. The minimum atomic E-state index is -0.123. The number of imidazole rings is 1. The van der Waals surface area contributed by atoms with E-state index in [0.717, 1.165) is 24.9 Å². The van der Waals surface area contributed by atoms with Gasteiger partial charge in [-0.2, -0.15) is 0 Å². The first-order chi connectivity index (χ1) is 15.9. The van der Waals surface area contributed by atoms with Crippen molar-refractivity contribution < 1.29 is 19.0 Å². The van der Waals surface area contributed by atoms with Gasteiger partial charge in [-0.05, 0) is 55.9 Å². The van der Waals surface area contributed by atoms with Crippen molar-refractivity contribution in [2.24, 2.45) is 5.92 Å². The lowest BCUT2D eigenvalue weighted by atomic mass is 9.97. The second kappa shape index (κ2) is 9.60. The fourth-order valence-electron chi connectivity index (χ4n) is 4.41. The number of urea groups is 1. The van der Waals surface area contributed by atoms with Gasteiger partial charge in [0, 0.05) is 31.8 Å². The van der Waals surface area contributed by atoms with Crippen LogP contribution in [0.4, 0.5) is 10.5 Å². The van der Waals surface area contributed by atoms with Crippen molar-refractivity contribution in [1.82, 2.24) is 14.5 Å². The molecular formula is C25H32N4O4. The Hall–Kier alpha value is -3.42. The van der Waals surface area contributed by atoms with Crippen LogP contribution >= 0.6 is 0 Å². The standard InChI is InChI=1S/C25H32N4O4/c1-16-10-20-21(11-17(16)2)29(15-26-20)14-18-6-8-28(9-7-18)25(30)27-19-12-22(31-3)24(33-5)23(13-19)32-4/h10-13,15,18H,6-9,14H2,1-5H3,(H,27,30). The van der Waals surface area contributed by atoms with Crippen molar-refractivity contribution >= 4 is 22.8 Å². The molecule has 0 aliphatic carbocycles. The van der Waals surface area contributed by atoms with Crippen molar-refractivity contribution in [2.45, 2.75) is 33.2 Å². The first-order valence-corrected chi connectivity index (χ1v) is 11.2. The molecule has 33 heavy (non-hydrogen) atoms. The van der Waals surface area contributed by atoms with Gasteiger partial charge in [0.15, 0.2) is 11.5 Å². The number of likely N-dealkylation sites (tertiary alicyclic amines) is 1. The first kappa shape index (κ1) is 22.8. The summed E-state index contributed by atoms with van der Waals surface area (Å²) in [6.45, 7) is 6.60. The third-order valence-corrected chi connectivity index (χ3v) is 6.51. The molecular weight excluding hydrogens is 420 g/mol.